The summed E-state index contributed by atoms with van der Waals surface area (Å²) in [7, 11) is 1.32. The van der Waals surface area contributed by atoms with Crippen molar-refractivity contribution in [3.8, 4) is 17.4 Å². The van der Waals surface area contributed by atoms with Crippen LogP contribution in [-0.2, 0) is 0 Å². The van der Waals surface area contributed by atoms with Crippen molar-refractivity contribution in [2.75, 3.05) is 7.11 Å². The van der Waals surface area contributed by atoms with E-state index in [0.29, 0.717) is 0 Å². The molecule has 0 N–H and O–H groups in total. The molecule has 1 aromatic heterocycles. The number of nitro benzene ring substituents is 1. The van der Waals surface area contributed by atoms with Gasteiger partial charge < -0.3 is 9.47 Å². The van der Waals surface area contributed by atoms with Gasteiger partial charge in [0.2, 0.25) is 11.8 Å². The van der Waals surface area contributed by atoms with E-state index in [1.165, 1.54) is 25.3 Å². The summed E-state index contributed by atoms with van der Waals surface area (Å²) in [6.45, 7) is 0. The lowest BCUT2D eigenvalue weighted by molar-refractivity contribution is -0.385. The van der Waals surface area contributed by atoms with Crippen LogP contribution in [-0.4, -0.2) is 22.0 Å². The third-order valence-corrected chi connectivity index (χ3v) is 2.18. The molecule has 0 atom stereocenters. The summed E-state index contributed by atoms with van der Waals surface area (Å²) in [4.78, 5) is 17.2. The number of hydrogen-bond donors (Lipinski definition) is 0. The van der Waals surface area contributed by atoms with Crippen molar-refractivity contribution in [1.82, 2.24) is 9.97 Å². The average Bonchev–Trinajstić information content (AvgIpc) is 2.38. The Morgan fingerprint density at radius 2 is 2.11 bits per heavy atom. The zero-order valence-electron chi connectivity index (χ0n) is 9.74. The standard InChI is InChI=1S/C11H8FN3O4/c1-18-9-3-2-7(4-8(9)15(16)17)19-11-5-10(12)13-6-14-11/h2-6H,1H3. The highest BCUT2D eigenvalue weighted by Crippen LogP contribution is 2.32. The normalized spacial score (nSPS) is 10.0. The SMILES string of the molecule is COc1ccc(Oc2cc(F)ncn2)cc1[N+](=O)[O-]. The topological polar surface area (TPSA) is 87.4 Å². The van der Waals surface area contributed by atoms with Crippen LogP contribution in [0.25, 0.3) is 0 Å². The lowest BCUT2D eigenvalue weighted by Crippen LogP contribution is -1.95. The molecule has 0 bridgehead atoms. The van der Waals surface area contributed by atoms with E-state index in [4.69, 9.17) is 9.47 Å². The molecule has 0 fully saturated rings. The Morgan fingerprint density at radius 3 is 2.74 bits per heavy atom. The van der Waals surface area contributed by atoms with Gasteiger partial charge in [0.05, 0.1) is 24.2 Å². The second kappa shape index (κ2) is 5.25. The van der Waals surface area contributed by atoms with E-state index in [0.717, 1.165) is 12.4 Å². The molecule has 7 nitrogen and oxygen atoms in total. The number of methoxy groups -OCH3 is 1. The van der Waals surface area contributed by atoms with E-state index in [2.05, 4.69) is 9.97 Å². The van der Waals surface area contributed by atoms with Gasteiger partial charge in [-0.25, -0.2) is 9.97 Å². The number of aromatic nitrogens is 2. The molecule has 98 valence electrons. The summed E-state index contributed by atoms with van der Waals surface area (Å²) in [5.74, 6) is -0.559. The van der Waals surface area contributed by atoms with Gasteiger partial charge in [-0.1, -0.05) is 0 Å². The highest BCUT2D eigenvalue weighted by atomic mass is 19.1. The van der Waals surface area contributed by atoms with Gasteiger partial charge in [0.1, 0.15) is 12.1 Å². The molecule has 1 aromatic carbocycles. The monoisotopic (exact) mass is 265 g/mol. The minimum Gasteiger partial charge on any atom is -0.490 e. The summed E-state index contributed by atoms with van der Waals surface area (Å²) in [5, 5.41) is 10.8. The smallest absolute Gasteiger partial charge is 0.314 e. The van der Waals surface area contributed by atoms with Crippen molar-refractivity contribution < 1.29 is 18.8 Å². The van der Waals surface area contributed by atoms with E-state index in [9.17, 15) is 14.5 Å². The summed E-state index contributed by atoms with van der Waals surface area (Å²) in [5.41, 5.74) is -0.255. The van der Waals surface area contributed by atoms with Crippen LogP contribution in [0, 0.1) is 16.1 Å². The van der Waals surface area contributed by atoms with Crippen molar-refractivity contribution >= 4 is 5.69 Å². The van der Waals surface area contributed by atoms with Crippen molar-refractivity contribution in [3.05, 3.63) is 46.7 Å². The highest BCUT2D eigenvalue weighted by molar-refractivity contribution is 5.51. The molecule has 0 amide bonds. The van der Waals surface area contributed by atoms with E-state index in [1.54, 1.807) is 0 Å². The fourth-order valence-electron chi connectivity index (χ4n) is 1.37. The van der Waals surface area contributed by atoms with Crippen molar-refractivity contribution in [2.24, 2.45) is 0 Å². The predicted molar refractivity (Wildman–Crippen MR) is 61.7 cm³/mol. The van der Waals surface area contributed by atoms with Gasteiger partial charge in [-0.05, 0) is 12.1 Å². The second-order valence-corrected chi connectivity index (χ2v) is 3.37. The molecular weight excluding hydrogens is 257 g/mol. The lowest BCUT2D eigenvalue weighted by atomic mass is 10.3. The Morgan fingerprint density at radius 1 is 1.32 bits per heavy atom. The van der Waals surface area contributed by atoms with Crippen LogP contribution in [0.2, 0.25) is 0 Å². The molecule has 1 heterocycles. The third-order valence-electron chi connectivity index (χ3n) is 2.18. The predicted octanol–water partition coefficient (Wildman–Crippen LogP) is 2.32. The van der Waals surface area contributed by atoms with Crippen LogP contribution in [0.4, 0.5) is 10.1 Å². The first-order valence-electron chi connectivity index (χ1n) is 5.08. The molecule has 2 rings (SSSR count). The quantitative estimate of drug-likeness (QED) is 0.479. The molecule has 0 aliphatic carbocycles. The van der Waals surface area contributed by atoms with Gasteiger partial charge in [0.25, 0.3) is 0 Å². The molecule has 0 saturated carbocycles. The third kappa shape index (κ3) is 2.92. The van der Waals surface area contributed by atoms with Crippen LogP contribution in [0.1, 0.15) is 0 Å². The Hall–Kier alpha value is -2.77. The van der Waals surface area contributed by atoms with Crippen LogP contribution >= 0.6 is 0 Å². The maximum absolute atomic E-state index is 12.8. The van der Waals surface area contributed by atoms with E-state index < -0.39 is 10.9 Å². The van der Waals surface area contributed by atoms with Gasteiger partial charge in [-0.2, -0.15) is 4.39 Å². The fourth-order valence-corrected chi connectivity index (χ4v) is 1.37. The first-order valence-corrected chi connectivity index (χ1v) is 5.08. The minimum absolute atomic E-state index is 0.0491. The molecule has 8 heteroatoms. The molecule has 0 spiro atoms. The second-order valence-electron chi connectivity index (χ2n) is 3.37. The maximum atomic E-state index is 12.8. The van der Waals surface area contributed by atoms with Crippen molar-refractivity contribution in [2.45, 2.75) is 0 Å². The first kappa shape index (κ1) is 12.7. The number of benzene rings is 1. The van der Waals surface area contributed by atoms with Crippen molar-refractivity contribution in [3.63, 3.8) is 0 Å². The van der Waals surface area contributed by atoms with E-state index in [-0.39, 0.29) is 23.1 Å². The van der Waals surface area contributed by atoms with Gasteiger partial charge >= 0.3 is 5.69 Å². The number of rotatable bonds is 4. The molecule has 0 unspecified atom stereocenters. The molecule has 0 aliphatic heterocycles. The van der Waals surface area contributed by atoms with Gasteiger partial charge in [-0.3, -0.25) is 10.1 Å². The molecule has 0 saturated heterocycles. The summed E-state index contributed by atoms with van der Waals surface area (Å²) < 4.78 is 22.9. The number of hydrogen-bond acceptors (Lipinski definition) is 6. The number of nitro groups is 1. The molecule has 2 aromatic rings. The summed E-state index contributed by atoms with van der Waals surface area (Å²) >= 11 is 0. The first-order chi connectivity index (χ1) is 9.10. The zero-order valence-corrected chi connectivity index (χ0v) is 9.74. The average molecular weight is 265 g/mol. The number of ether oxygens (including phenoxy) is 2. The Labute approximate surface area is 106 Å². The van der Waals surface area contributed by atoms with Crippen LogP contribution in [0.5, 0.6) is 17.4 Å². The summed E-state index contributed by atoms with van der Waals surface area (Å²) in [6.07, 6.45) is 0.989. The Balaban J connectivity index is 2.31. The molecule has 0 radical (unpaired) electrons. The number of halogens is 1. The van der Waals surface area contributed by atoms with E-state index >= 15 is 0 Å². The largest absolute Gasteiger partial charge is 0.490 e. The maximum Gasteiger partial charge on any atom is 0.314 e. The van der Waals surface area contributed by atoms with Gasteiger partial charge in [0, 0.05) is 0 Å². The van der Waals surface area contributed by atoms with E-state index in [1.807, 2.05) is 0 Å². The number of nitrogens with zero attached hydrogens (tertiary/aromatic N) is 3. The molecule has 19 heavy (non-hydrogen) atoms. The van der Waals surface area contributed by atoms with Gasteiger partial charge in [-0.15, -0.1) is 0 Å². The molecule has 0 aliphatic rings. The Bertz CT molecular complexity index is 621. The highest BCUT2D eigenvalue weighted by Gasteiger charge is 2.16. The zero-order chi connectivity index (χ0) is 13.8. The van der Waals surface area contributed by atoms with Crippen LogP contribution < -0.4 is 9.47 Å². The van der Waals surface area contributed by atoms with Crippen molar-refractivity contribution in [1.29, 1.82) is 0 Å². The van der Waals surface area contributed by atoms with Crippen LogP contribution in [0.3, 0.4) is 0 Å². The Kier molecular flexibility index (Phi) is 3.51. The fraction of sp³-hybridized carbons (Fsp3) is 0.0909. The van der Waals surface area contributed by atoms with Gasteiger partial charge in [0.15, 0.2) is 5.75 Å². The molecular formula is C11H8FN3O4. The summed E-state index contributed by atoms with van der Waals surface area (Å²) in [6, 6.07) is 4.96. The minimum atomic E-state index is -0.756. The lowest BCUT2D eigenvalue weighted by Gasteiger charge is -2.06. The van der Waals surface area contributed by atoms with Crippen LogP contribution in [0.15, 0.2) is 30.6 Å².